The predicted octanol–water partition coefficient (Wildman–Crippen LogP) is 2.62. The van der Waals surface area contributed by atoms with Crippen LogP contribution in [0.5, 0.6) is 0 Å². The zero-order valence-corrected chi connectivity index (χ0v) is 12.9. The molecule has 0 spiro atoms. The molecule has 1 aromatic rings. The Bertz CT molecular complexity index is 497. The van der Waals surface area contributed by atoms with E-state index in [0.717, 1.165) is 6.42 Å². The highest BCUT2D eigenvalue weighted by molar-refractivity contribution is 9.10. The highest BCUT2D eigenvalue weighted by Crippen LogP contribution is 2.19. The highest BCUT2D eigenvalue weighted by Gasteiger charge is 2.15. The van der Waals surface area contributed by atoms with Crippen molar-refractivity contribution in [1.29, 1.82) is 0 Å². The average Bonchev–Trinajstić information content (AvgIpc) is 2.39. The molecule has 5 nitrogen and oxygen atoms in total. The minimum absolute atomic E-state index is 0.0480. The van der Waals surface area contributed by atoms with Crippen LogP contribution in [0.25, 0.3) is 0 Å². The number of nitrogens with one attached hydrogen (secondary N) is 3. The summed E-state index contributed by atoms with van der Waals surface area (Å²) in [5, 5.41) is 7.45. The molecule has 0 aliphatic heterocycles. The zero-order chi connectivity index (χ0) is 15.1. The van der Waals surface area contributed by atoms with Crippen molar-refractivity contribution in [2.45, 2.75) is 26.3 Å². The van der Waals surface area contributed by atoms with Gasteiger partial charge in [-0.1, -0.05) is 22.9 Å². The molecule has 0 aliphatic rings. The minimum atomic E-state index is -0.694. The van der Waals surface area contributed by atoms with Gasteiger partial charge in [-0.2, -0.15) is 0 Å². The summed E-state index contributed by atoms with van der Waals surface area (Å²) in [6.45, 7) is 4.04. The van der Waals surface area contributed by atoms with E-state index < -0.39 is 17.9 Å². The van der Waals surface area contributed by atoms with Gasteiger partial charge in [0.1, 0.15) is 11.9 Å². The van der Waals surface area contributed by atoms with Crippen molar-refractivity contribution in [3.05, 3.63) is 28.5 Å². The first-order valence-corrected chi connectivity index (χ1v) is 7.03. The molecule has 0 aromatic heterocycles. The largest absolute Gasteiger partial charge is 0.354 e. The maximum atomic E-state index is 13.5. The van der Waals surface area contributed by atoms with Crippen molar-refractivity contribution in [2.24, 2.45) is 0 Å². The van der Waals surface area contributed by atoms with Gasteiger partial charge in [0.15, 0.2) is 0 Å². The second-order valence-corrected chi connectivity index (χ2v) is 5.15. The van der Waals surface area contributed by atoms with Crippen molar-refractivity contribution in [2.75, 3.05) is 11.9 Å². The summed E-state index contributed by atoms with van der Waals surface area (Å²) in [6.07, 6.45) is 0.814. The molecule has 1 aromatic carbocycles. The molecule has 0 saturated carbocycles. The van der Waals surface area contributed by atoms with Crippen molar-refractivity contribution >= 4 is 33.6 Å². The molecule has 1 atom stereocenters. The summed E-state index contributed by atoms with van der Waals surface area (Å²) in [6, 6.07) is 2.95. The van der Waals surface area contributed by atoms with E-state index in [1.165, 1.54) is 12.1 Å². The van der Waals surface area contributed by atoms with Crippen molar-refractivity contribution in [3.63, 3.8) is 0 Å². The van der Waals surface area contributed by atoms with E-state index in [2.05, 4.69) is 31.9 Å². The number of benzene rings is 1. The summed E-state index contributed by atoms with van der Waals surface area (Å²) in [7, 11) is 0. The molecule has 0 aliphatic carbocycles. The SMILES string of the molecule is CCCNC(=O)C(C)NC(=O)Nc1ccc(Br)cc1F. The van der Waals surface area contributed by atoms with Crippen LogP contribution in [0.15, 0.2) is 22.7 Å². The average molecular weight is 346 g/mol. The Morgan fingerprint density at radius 2 is 2.10 bits per heavy atom. The molecule has 1 unspecified atom stereocenters. The van der Waals surface area contributed by atoms with Crippen molar-refractivity contribution in [1.82, 2.24) is 10.6 Å². The monoisotopic (exact) mass is 345 g/mol. The molecule has 0 heterocycles. The lowest BCUT2D eigenvalue weighted by molar-refractivity contribution is -0.122. The zero-order valence-electron chi connectivity index (χ0n) is 11.3. The number of anilines is 1. The van der Waals surface area contributed by atoms with Gasteiger partial charge < -0.3 is 16.0 Å². The maximum Gasteiger partial charge on any atom is 0.319 e. The van der Waals surface area contributed by atoms with Gasteiger partial charge in [-0.3, -0.25) is 4.79 Å². The third-order valence-corrected chi connectivity index (χ3v) is 2.96. The van der Waals surface area contributed by atoms with Gasteiger partial charge in [0.2, 0.25) is 5.91 Å². The summed E-state index contributed by atoms with van der Waals surface area (Å²) < 4.78 is 14.1. The van der Waals surface area contributed by atoms with Gasteiger partial charge >= 0.3 is 6.03 Å². The fraction of sp³-hybridized carbons (Fsp3) is 0.385. The molecule has 0 radical (unpaired) electrons. The first-order chi connectivity index (χ1) is 9.43. The summed E-state index contributed by atoms with van der Waals surface area (Å²) >= 11 is 3.12. The fourth-order valence-electron chi connectivity index (χ4n) is 1.41. The van der Waals surface area contributed by atoms with Crippen LogP contribution in [0.3, 0.4) is 0 Å². The number of rotatable bonds is 5. The number of carbonyl (C=O) groups excluding carboxylic acids is 2. The second-order valence-electron chi connectivity index (χ2n) is 4.24. The third-order valence-electron chi connectivity index (χ3n) is 2.47. The third kappa shape index (κ3) is 5.16. The van der Waals surface area contributed by atoms with Crippen LogP contribution in [0.1, 0.15) is 20.3 Å². The molecular weight excluding hydrogens is 329 g/mol. The molecule has 0 fully saturated rings. The summed E-state index contributed by atoms with van der Waals surface area (Å²) in [4.78, 5) is 23.2. The lowest BCUT2D eigenvalue weighted by Crippen LogP contribution is -2.46. The Morgan fingerprint density at radius 1 is 1.40 bits per heavy atom. The Kier molecular flexibility index (Phi) is 6.44. The van der Waals surface area contributed by atoms with Gasteiger partial charge in [-0.15, -0.1) is 0 Å². The van der Waals surface area contributed by atoms with E-state index in [1.54, 1.807) is 13.0 Å². The molecule has 0 saturated heterocycles. The number of hydrogen-bond donors (Lipinski definition) is 3. The quantitative estimate of drug-likeness (QED) is 0.767. The van der Waals surface area contributed by atoms with E-state index in [-0.39, 0.29) is 11.6 Å². The Hall–Kier alpha value is -1.63. The van der Waals surface area contributed by atoms with Gasteiger partial charge in [-0.25, -0.2) is 9.18 Å². The van der Waals surface area contributed by atoms with Crippen LogP contribution in [-0.2, 0) is 4.79 Å². The second kappa shape index (κ2) is 7.84. The molecule has 20 heavy (non-hydrogen) atoms. The first kappa shape index (κ1) is 16.4. The molecule has 3 amide bonds. The van der Waals surface area contributed by atoms with E-state index >= 15 is 0 Å². The predicted molar refractivity (Wildman–Crippen MR) is 79.0 cm³/mol. The van der Waals surface area contributed by atoms with Gasteiger partial charge in [0.25, 0.3) is 0 Å². The smallest absolute Gasteiger partial charge is 0.319 e. The van der Waals surface area contributed by atoms with Crippen LogP contribution in [0.2, 0.25) is 0 Å². The first-order valence-electron chi connectivity index (χ1n) is 6.24. The number of amides is 3. The molecule has 1 rings (SSSR count). The van der Waals surface area contributed by atoms with Crippen molar-refractivity contribution < 1.29 is 14.0 Å². The van der Waals surface area contributed by atoms with Crippen molar-refractivity contribution in [3.8, 4) is 0 Å². The number of halogens is 2. The number of urea groups is 1. The number of carbonyl (C=O) groups is 2. The van der Waals surface area contributed by atoms with Crippen LogP contribution >= 0.6 is 15.9 Å². The van der Waals surface area contributed by atoms with Crippen LogP contribution < -0.4 is 16.0 Å². The Morgan fingerprint density at radius 3 is 2.70 bits per heavy atom. The van der Waals surface area contributed by atoms with E-state index in [0.29, 0.717) is 11.0 Å². The Balaban J connectivity index is 2.52. The van der Waals surface area contributed by atoms with Crippen LogP contribution in [-0.4, -0.2) is 24.5 Å². The van der Waals surface area contributed by atoms with Gasteiger partial charge in [0, 0.05) is 11.0 Å². The molecule has 3 N–H and O–H groups in total. The fourth-order valence-corrected chi connectivity index (χ4v) is 1.75. The van der Waals surface area contributed by atoms with Crippen LogP contribution in [0, 0.1) is 5.82 Å². The Labute approximate surface area is 125 Å². The standard InChI is InChI=1S/C13H17BrFN3O2/c1-3-6-16-12(19)8(2)17-13(20)18-11-5-4-9(14)7-10(11)15/h4-5,7-8H,3,6H2,1-2H3,(H,16,19)(H2,17,18,20). The summed E-state index contributed by atoms with van der Waals surface area (Å²) in [5.41, 5.74) is 0.0480. The minimum Gasteiger partial charge on any atom is -0.354 e. The van der Waals surface area contributed by atoms with Crippen LogP contribution in [0.4, 0.5) is 14.9 Å². The topological polar surface area (TPSA) is 70.2 Å². The normalized spacial score (nSPS) is 11.6. The molecular formula is C13H17BrFN3O2. The van der Waals surface area contributed by atoms with Gasteiger partial charge in [0.05, 0.1) is 5.69 Å². The lowest BCUT2D eigenvalue weighted by atomic mass is 10.3. The van der Waals surface area contributed by atoms with E-state index in [9.17, 15) is 14.0 Å². The molecule has 110 valence electrons. The molecule has 7 heteroatoms. The lowest BCUT2D eigenvalue weighted by Gasteiger charge is -2.14. The van der Waals surface area contributed by atoms with E-state index in [1.807, 2.05) is 6.92 Å². The van der Waals surface area contributed by atoms with Gasteiger partial charge in [-0.05, 0) is 31.5 Å². The molecule has 0 bridgehead atoms. The maximum absolute atomic E-state index is 13.5. The summed E-state index contributed by atoms with van der Waals surface area (Å²) in [5.74, 6) is -0.837. The number of hydrogen-bond acceptors (Lipinski definition) is 2. The highest BCUT2D eigenvalue weighted by atomic mass is 79.9. The van der Waals surface area contributed by atoms with E-state index in [4.69, 9.17) is 0 Å².